The minimum atomic E-state index is -3.09. The smallest absolute Gasteiger partial charge is 0.277 e. The summed E-state index contributed by atoms with van der Waals surface area (Å²) in [5.74, 6) is -3.59. The molecule has 122 valence electrons. The van der Waals surface area contributed by atoms with Crippen molar-refractivity contribution in [1.29, 1.82) is 0 Å². The lowest BCUT2D eigenvalue weighted by molar-refractivity contribution is 0.0118. The quantitative estimate of drug-likeness (QED) is 0.825. The van der Waals surface area contributed by atoms with Crippen molar-refractivity contribution in [3.8, 4) is 0 Å². The number of carbonyl (C=O) groups is 1. The molecule has 0 saturated carbocycles. The second-order valence-electron chi connectivity index (χ2n) is 5.39. The van der Waals surface area contributed by atoms with Crippen molar-refractivity contribution in [3.05, 3.63) is 71.3 Å². The lowest BCUT2D eigenvalue weighted by atomic mass is 9.99. The minimum absolute atomic E-state index is 0.427. The first kappa shape index (κ1) is 17.1. The average Bonchev–Trinajstić information content (AvgIpc) is 2.59. The van der Waals surface area contributed by atoms with Crippen LogP contribution in [0.5, 0.6) is 0 Å². The van der Waals surface area contributed by atoms with E-state index in [0.29, 0.717) is 12.0 Å². The zero-order chi connectivity index (χ0) is 16.7. The molecular formula is C18H20F2N2O. The fourth-order valence-electron chi connectivity index (χ4n) is 2.26. The summed E-state index contributed by atoms with van der Waals surface area (Å²) in [6, 6.07) is 17.0. The van der Waals surface area contributed by atoms with Gasteiger partial charge in [-0.25, -0.2) is 8.78 Å². The lowest BCUT2D eigenvalue weighted by Crippen LogP contribution is -2.41. The van der Waals surface area contributed by atoms with E-state index in [1.54, 1.807) is 12.1 Å². The number of hydrogen-bond donors (Lipinski definition) is 2. The highest BCUT2D eigenvalue weighted by Gasteiger charge is 2.27. The number of alkyl halides is 2. The van der Waals surface area contributed by atoms with E-state index in [4.69, 9.17) is 5.73 Å². The van der Waals surface area contributed by atoms with Gasteiger partial charge >= 0.3 is 0 Å². The van der Waals surface area contributed by atoms with Crippen molar-refractivity contribution >= 4 is 5.91 Å². The van der Waals surface area contributed by atoms with Gasteiger partial charge in [-0.05, 0) is 30.0 Å². The molecule has 0 radical (unpaired) electrons. The summed E-state index contributed by atoms with van der Waals surface area (Å²) < 4.78 is 26.3. The molecule has 3 N–H and O–H groups in total. The molecule has 2 aromatic rings. The molecule has 0 heterocycles. The number of nitrogens with one attached hydrogen (secondary N) is 1. The van der Waals surface area contributed by atoms with Gasteiger partial charge in [0, 0.05) is 5.56 Å². The summed E-state index contributed by atoms with van der Waals surface area (Å²) in [4.78, 5) is 12.2. The van der Waals surface area contributed by atoms with Gasteiger partial charge in [-0.2, -0.15) is 0 Å². The summed E-state index contributed by atoms with van der Waals surface area (Å²) in [5, 5.41) is 2.26. The van der Waals surface area contributed by atoms with E-state index in [-0.39, 0.29) is 0 Å². The van der Waals surface area contributed by atoms with Crippen LogP contribution in [0, 0.1) is 0 Å². The Kier molecular flexibility index (Phi) is 5.82. The molecule has 5 heteroatoms. The van der Waals surface area contributed by atoms with Crippen LogP contribution in [0.1, 0.15) is 21.5 Å². The number of rotatable bonds is 7. The second-order valence-corrected chi connectivity index (χ2v) is 5.39. The summed E-state index contributed by atoms with van der Waals surface area (Å²) in [7, 11) is 0. The van der Waals surface area contributed by atoms with Crippen LogP contribution in [0.2, 0.25) is 0 Å². The number of amides is 1. The van der Waals surface area contributed by atoms with E-state index in [1.807, 2.05) is 42.5 Å². The van der Waals surface area contributed by atoms with Gasteiger partial charge in [-0.1, -0.05) is 48.5 Å². The number of halogens is 2. The third-order valence-electron chi connectivity index (χ3n) is 3.59. The Morgan fingerprint density at radius 2 is 1.65 bits per heavy atom. The molecule has 23 heavy (non-hydrogen) atoms. The Bertz CT molecular complexity index is 644. The Hall–Kier alpha value is -2.27. The minimum Gasteiger partial charge on any atom is -0.346 e. The van der Waals surface area contributed by atoms with Gasteiger partial charge in [0.05, 0.1) is 13.1 Å². The number of nitrogens with two attached hydrogens (primary N) is 1. The summed E-state index contributed by atoms with van der Waals surface area (Å²) >= 11 is 0. The highest BCUT2D eigenvalue weighted by atomic mass is 19.3. The standard InChI is InChI=1S/C18H20F2N2O/c19-18(20,12-21)13-22-17(23)16-9-5-4-8-15(16)11-10-14-6-2-1-3-7-14/h1-9H,10-13,21H2,(H,22,23). The van der Waals surface area contributed by atoms with Gasteiger partial charge in [0.1, 0.15) is 0 Å². The molecule has 0 fully saturated rings. The molecule has 0 aliphatic heterocycles. The van der Waals surface area contributed by atoms with Crippen molar-refractivity contribution < 1.29 is 13.6 Å². The van der Waals surface area contributed by atoms with Gasteiger partial charge in [0.2, 0.25) is 0 Å². The molecule has 0 atom stereocenters. The van der Waals surface area contributed by atoms with Crippen molar-refractivity contribution in [2.45, 2.75) is 18.8 Å². The molecule has 0 unspecified atom stereocenters. The number of aryl methyl sites for hydroxylation is 2. The monoisotopic (exact) mass is 318 g/mol. The molecule has 0 spiro atoms. The predicted octanol–water partition coefficient (Wildman–Crippen LogP) is 2.80. The van der Waals surface area contributed by atoms with Gasteiger partial charge in [0.15, 0.2) is 0 Å². The highest BCUT2D eigenvalue weighted by molar-refractivity contribution is 5.95. The van der Waals surface area contributed by atoms with Gasteiger partial charge in [-0.3, -0.25) is 4.79 Å². The van der Waals surface area contributed by atoms with Gasteiger partial charge < -0.3 is 11.1 Å². The van der Waals surface area contributed by atoms with Crippen molar-refractivity contribution in [3.63, 3.8) is 0 Å². The largest absolute Gasteiger partial charge is 0.346 e. The van der Waals surface area contributed by atoms with E-state index in [2.05, 4.69) is 5.32 Å². The average molecular weight is 318 g/mol. The fraction of sp³-hybridized carbons (Fsp3) is 0.278. The molecular weight excluding hydrogens is 298 g/mol. The van der Waals surface area contributed by atoms with E-state index < -0.39 is 24.9 Å². The SMILES string of the molecule is NCC(F)(F)CNC(=O)c1ccccc1CCc1ccccc1. The Balaban J connectivity index is 2.03. The van der Waals surface area contributed by atoms with E-state index in [0.717, 1.165) is 17.5 Å². The maximum Gasteiger partial charge on any atom is 0.277 e. The summed E-state index contributed by atoms with van der Waals surface area (Å²) in [5.41, 5.74) is 7.40. The topological polar surface area (TPSA) is 55.1 Å². The highest BCUT2D eigenvalue weighted by Crippen LogP contribution is 2.14. The molecule has 1 amide bonds. The van der Waals surface area contributed by atoms with E-state index in [1.165, 1.54) is 0 Å². The van der Waals surface area contributed by atoms with Crippen LogP contribution in [0.4, 0.5) is 8.78 Å². The van der Waals surface area contributed by atoms with Gasteiger partial charge in [-0.15, -0.1) is 0 Å². The molecule has 2 aromatic carbocycles. The van der Waals surface area contributed by atoms with Crippen LogP contribution < -0.4 is 11.1 Å². The first-order valence-corrected chi connectivity index (χ1v) is 7.50. The molecule has 0 bridgehead atoms. The molecule has 0 aliphatic carbocycles. The molecule has 3 nitrogen and oxygen atoms in total. The van der Waals surface area contributed by atoms with Crippen molar-refractivity contribution in [1.82, 2.24) is 5.32 Å². The maximum absolute atomic E-state index is 13.2. The number of hydrogen-bond acceptors (Lipinski definition) is 2. The zero-order valence-electron chi connectivity index (χ0n) is 12.8. The molecule has 0 aliphatic rings. The van der Waals surface area contributed by atoms with Crippen LogP contribution in [0.3, 0.4) is 0 Å². The maximum atomic E-state index is 13.2. The Labute approximate surface area is 134 Å². The van der Waals surface area contributed by atoms with Crippen LogP contribution in [0.15, 0.2) is 54.6 Å². The van der Waals surface area contributed by atoms with Crippen LogP contribution >= 0.6 is 0 Å². The lowest BCUT2D eigenvalue weighted by Gasteiger charge is -2.15. The van der Waals surface area contributed by atoms with Crippen molar-refractivity contribution in [2.75, 3.05) is 13.1 Å². The van der Waals surface area contributed by atoms with Crippen LogP contribution in [-0.2, 0) is 12.8 Å². The zero-order valence-corrected chi connectivity index (χ0v) is 12.8. The normalized spacial score (nSPS) is 11.3. The van der Waals surface area contributed by atoms with Crippen LogP contribution in [0.25, 0.3) is 0 Å². The first-order valence-electron chi connectivity index (χ1n) is 7.50. The van der Waals surface area contributed by atoms with Gasteiger partial charge in [0.25, 0.3) is 11.8 Å². The fourth-order valence-corrected chi connectivity index (χ4v) is 2.26. The number of carbonyl (C=O) groups excluding carboxylic acids is 1. The Morgan fingerprint density at radius 3 is 2.35 bits per heavy atom. The van der Waals surface area contributed by atoms with Crippen LogP contribution in [-0.4, -0.2) is 24.9 Å². The van der Waals surface area contributed by atoms with E-state index >= 15 is 0 Å². The number of benzene rings is 2. The Morgan fingerprint density at radius 1 is 1.00 bits per heavy atom. The first-order chi connectivity index (χ1) is 11.0. The molecule has 0 saturated heterocycles. The molecule has 2 rings (SSSR count). The third kappa shape index (κ3) is 5.14. The third-order valence-corrected chi connectivity index (χ3v) is 3.59. The van der Waals surface area contributed by atoms with E-state index in [9.17, 15) is 13.6 Å². The second kappa shape index (κ2) is 7.83. The summed E-state index contributed by atoms with van der Waals surface area (Å²) in [6.07, 6.45) is 1.45. The summed E-state index contributed by atoms with van der Waals surface area (Å²) in [6.45, 7) is -1.54. The van der Waals surface area contributed by atoms with Crippen molar-refractivity contribution in [2.24, 2.45) is 5.73 Å². The molecule has 0 aromatic heterocycles. The predicted molar refractivity (Wildman–Crippen MR) is 86.6 cm³/mol.